The molecule has 0 saturated heterocycles. The van der Waals surface area contributed by atoms with Crippen molar-refractivity contribution in [3.05, 3.63) is 78.3 Å². The van der Waals surface area contributed by atoms with E-state index in [0.717, 1.165) is 27.6 Å². The Balaban J connectivity index is 2.21. The molecule has 0 aliphatic heterocycles. The molecule has 0 unspecified atom stereocenters. The Morgan fingerprint density at radius 3 is 2.57 bits per heavy atom. The molecule has 0 aliphatic carbocycles. The first kappa shape index (κ1) is 11.7. The maximum atomic E-state index is 7.20. The third-order valence-corrected chi connectivity index (χ3v) is 3.65. The second-order valence-electron chi connectivity index (χ2n) is 4.86. The van der Waals surface area contributed by atoms with E-state index in [9.17, 15) is 0 Å². The van der Waals surface area contributed by atoms with Crippen LogP contribution in [0.5, 0.6) is 0 Å². The van der Waals surface area contributed by atoms with Crippen molar-refractivity contribution in [1.29, 1.82) is 0 Å². The van der Waals surface area contributed by atoms with Crippen LogP contribution >= 0.6 is 0 Å². The summed E-state index contributed by atoms with van der Waals surface area (Å²) < 4.78 is 2.14. The van der Waals surface area contributed by atoms with Crippen LogP contribution in [-0.4, -0.2) is 9.55 Å². The summed E-state index contributed by atoms with van der Waals surface area (Å²) in [7, 11) is 0. The first-order chi connectivity index (χ1) is 10.4. The summed E-state index contributed by atoms with van der Waals surface area (Å²) in [5.41, 5.74) is 3.72. The van der Waals surface area contributed by atoms with Gasteiger partial charge in [0.1, 0.15) is 5.65 Å². The minimum atomic E-state index is 0.651. The number of aromatic nitrogens is 2. The Bertz CT molecular complexity index is 992. The molecule has 98 valence electrons. The molecule has 0 bridgehead atoms. The second kappa shape index (κ2) is 4.46. The van der Waals surface area contributed by atoms with Gasteiger partial charge in [-0.2, -0.15) is 0 Å². The van der Waals surface area contributed by atoms with Gasteiger partial charge in [-0.25, -0.2) is 9.83 Å². The standard InChI is InChI=1S/C18H11N3/c1-19-13-9-10-17-16(12-13)15-8-5-11-20-18(15)21(17)14-6-3-2-4-7-14/h2-12H. The fourth-order valence-corrected chi connectivity index (χ4v) is 2.74. The number of hydrogen-bond acceptors (Lipinski definition) is 1. The minimum Gasteiger partial charge on any atom is -0.294 e. The molecular weight excluding hydrogens is 258 g/mol. The second-order valence-corrected chi connectivity index (χ2v) is 4.86. The van der Waals surface area contributed by atoms with E-state index in [1.807, 2.05) is 42.5 Å². The summed E-state index contributed by atoms with van der Waals surface area (Å²) in [6, 6.07) is 19.9. The van der Waals surface area contributed by atoms with E-state index in [1.165, 1.54) is 0 Å². The first-order valence-corrected chi connectivity index (χ1v) is 6.70. The SMILES string of the molecule is [C-]#[N+]c1ccc2c(c1)c1cccnc1n2-c1ccccc1. The molecule has 0 atom stereocenters. The Kier molecular flexibility index (Phi) is 2.48. The summed E-state index contributed by atoms with van der Waals surface area (Å²) in [6.07, 6.45) is 1.80. The molecule has 21 heavy (non-hydrogen) atoms. The summed E-state index contributed by atoms with van der Waals surface area (Å²) in [6.45, 7) is 7.20. The highest BCUT2D eigenvalue weighted by molar-refractivity contribution is 6.08. The van der Waals surface area contributed by atoms with Crippen LogP contribution in [0.25, 0.3) is 32.5 Å². The minimum absolute atomic E-state index is 0.651. The van der Waals surface area contributed by atoms with Crippen molar-refractivity contribution in [3.63, 3.8) is 0 Å². The first-order valence-electron chi connectivity index (χ1n) is 6.70. The van der Waals surface area contributed by atoms with Crippen LogP contribution in [0.1, 0.15) is 0 Å². The lowest BCUT2D eigenvalue weighted by atomic mass is 10.2. The van der Waals surface area contributed by atoms with Crippen LogP contribution in [0.15, 0.2) is 66.9 Å². The molecule has 4 aromatic rings. The molecule has 0 fully saturated rings. The van der Waals surface area contributed by atoms with Gasteiger partial charge in [0.15, 0.2) is 5.69 Å². The molecule has 0 saturated carbocycles. The molecule has 0 aliphatic rings. The van der Waals surface area contributed by atoms with Gasteiger partial charge in [-0.3, -0.25) is 4.57 Å². The third kappa shape index (κ3) is 1.70. The molecule has 3 heteroatoms. The average Bonchev–Trinajstić information content (AvgIpc) is 2.89. The van der Waals surface area contributed by atoms with Crippen LogP contribution in [0, 0.1) is 6.57 Å². The molecular formula is C18H11N3. The number of rotatable bonds is 1. The Morgan fingerprint density at radius 2 is 1.76 bits per heavy atom. The van der Waals surface area contributed by atoms with Crippen molar-refractivity contribution in [1.82, 2.24) is 9.55 Å². The Hall–Kier alpha value is -3.12. The largest absolute Gasteiger partial charge is 0.294 e. The van der Waals surface area contributed by atoms with Gasteiger partial charge in [-0.05, 0) is 41.8 Å². The van der Waals surface area contributed by atoms with E-state index >= 15 is 0 Å². The fourth-order valence-electron chi connectivity index (χ4n) is 2.74. The van der Waals surface area contributed by atoms with Crippen molar-refractivity contribution in [3.8, 4) is 5.69 Å². The molecule has 0 amide bonds. The Morgan fingerprint density at radius 1 is 0.905 bits per heavy atom. The van der Waals surface area contributed by atoms with Crippen molar-refractivity contribution < 1.29 is 0 Å². The van der Waals surface area contributed by atoms with Gasteiger partial charge in [0.05, 0.1) is 12.1 Å². The molecule has 2 heterocycles. The van der Waals surface area contributed by atoms with Crippen LogP contribution in [0.4, 0.5) is 5.69 Å². The zero-order valence-electron chi connectivity index (χ0n) is 11.2. The molecule has 2 aromatic heterocycles. The predicted octanol–water partition coefficient (Wildman–Crippen LogP) is 4.73. The van der Waals surface area contributed by atoms with Crippen LogP contribution < -0.4 is 0 Å². The van der Waals surface area contributed by atoms with Gasteiger partial charge >= 0.3 is 0 Å². The highest BCUT2D eigenvalue weighted by atomic mass is 15.0. The Labute approximate surface area is 121 Å². The van der Waals surface area contributed by atoms with E-state index in [2.05, 4.69) is 32.6 Å². The van der Waals surface area contributed by atoms with Crippen molar-refractivity contribution in [2.24, 2.45) is 0 Å². The number of para-hydroxylation sites is 1. The molecule has 0 radical (unpaired) electrons. The van der Waals surface area contributed by atoms with E-state index in [-0.39, 0.29) is 0 Å². The average molecular weight is 269 g/mol. The monoisotopic (exact) mass is 269 g/mol. The topological polar surface area (TPSA) is 22.2 Å². The number of pyridine rings is 1. The van der Waals surface area contributed by atoms with Gasteiger partial charge in [0, 0.05) is 17.3 Å². The summed E-state index contributed by atoms with van der Waals surface area (Å²) in [5, 5.41) is 2.14. The van der Waals surface area contributed by atoms with Crippen LogP contribution in [0.3, 0.4) is 0 Å². The molecule has 4 rings (SSSR count). The quantitative estimate of drug-likeness (QED) is 0.458. The smallest absolute Gasteiger partial charge is 0.188 e. The van der Waals surface area contributed by atoms with Gasteiger partial charge in [0.25, 0.3) is 0 Å². The van der Waals surface area contributed by atoms with E-state index in [4.69, 9.17) is 6.57 Å². The van der Waals surface area contributed by atoms with E-state index < -0.39 is 0 Å². The third-order valence-electron chi connectivity index (χ3n) is 3.65. The van der Waals surface area contributed by atoms with E-state index in [0.29, 0.717) is 5.69 Å². The predicted molar refractivity (Wildman–Crippen MR) is 84.8 cm³/mol. The number of fused-ring (bicyclic) bond motifs is 3. The molecule has 3 nitrogen and oxygen atoms in total. The number of hydrogen-bond donors (Lipinski definition) is 0. The van der Waals surface area contributed by atoms with E-state index in [1.54, 1.807) is 6.20 Å². The number of nitrogens with zero attached hydrogens (tertiary/aromatic N) is 3. The highest BCUT2D eigenvalue weighted by Crippen LogP contribution is 2.32. The van der Waals surface area contributed by atoms with Crippen molar-refractivity contribution in [2.45, 2.75) is 0 Å². The summed E-state index contributed by atoms with van der Waals surface area (Å²) in [5.74, 6) is 0. The van der Waals surface area contributed by atoms with Gasteiger partial charge < -0.3 is 0 Å². The van der Waals surface area contributed by atoms with Crippen LogP contribution in [0.2, 0.25) is 0 Å². The summed E-state index contributed by atoms with van der Waals surface area (Å²) in [4.78, 5) is 8.07. The highest BCUT2D eigenvalue weighted by Gasteiger charge is 2.12. The number of benzene rings is 2. The normalized spacial score (nSPS) is 10.8. The molecule has 0 spiro atoms. The molecule has 0 N–H and O–H groups in total. The van der Waals surface area contributed by atoms with Gasteiger partial charge in [-0.15, -0.1) is 0 Å². The van der Waals surface area contributed by atoms with Gasteiger partial charge in [0.2, 0.25) is 0 Å². The lowest BCUT2D eigenvalue weighted by molar-refractivity contribution is 1.14. The summed E-state index contributed by atoms with van der Waals surface area (Å²) >= 11 is 0. The zero-order valence-corrected chi connectivity index (χ0v) is 11.2. The fraction of sp³-hybridized carbons (Fsp3) is 0. The molecule has 2 aromatic carbocycles. The maximum absolute atomic E-state index is 7.20. The van der Waals surface area contributed by atoms with Gasteiger partial charge in [-0.1, -0.05) is 24.3 Å². The lowest BCUT2D eigenvalue weighted by Crippen LogP contribution is -1.94. The lowest BCUT2D eigenvalue weighted by Gasteiger charge is -2.06. The van der Waals surface area contributed by atoms with Crippen molar-refractivity contribution in [2.75, 3.05) is 0 Å². The van der Waals surface area contributed by atoms with Crippen LogP contribution in [-0.2, 0) is 0 Å². The van der Waals surface area contributed by atoms with Crippen molar-refractivity contribution >= 4 is 27.6 Å². The maximum Gasteiger partial charge on any atom is 0.188 e. The zero-order chi connectivity index (χ0) is 14.2.